The van der Waals surface area contributed by atoms with Crippen LogP contribution < -0.4 is 10.2 Å². The largest absolute Gasteiger partial charge is 0.390 e. The van der Waals surface area contributed by atoms with Gasteiger partial charge in [0.15, 0.2) is 11.5 Å². The van der Waals surface area contributed by atoms with E-state index >= 15 is 0 Å². The van der Waals surface area contributed by atoms with Crippen LogP contribution >= 0.6 is 0 Å². The van der Waals surface area contributed by atoms with Gasteiger partial charge in [-0.25, -0.2) is 0 Å². The molecule has 6 heteroatoms. The number of anilines is 1. The van der Waals surface area contributed by atoms with Crippen molar-refractivity contribution >= 4 is 11.7 Å². The molecule has 1 saturated carbocycles. The molecule has 2 fully saturated rings. The third-order valence-corrected chi connectivity index (χ3v) is 4.74. The van der Waals surface area contributed by atoms with Gasteiger partial charge in [0.1, 0.15) is 0 Å². The summed E-state index contributed by atoms with van der Waals surface area (Å²) in [4.78, 5) is 14.2. The summed E-state index contributed by atoms with van der Waals surface area (Å²) >= 11 is 0. The van der Waals surface area contributed by atoms with Gasteiger partial charge in [0.2, 0.25) is 0 Å². The van der Waals surface area contributed by atoms with Crippen molar-refractivity contribution in [3.05, 3.63) is 17.8 Å². The highest BCUT2D eigenvalue weighted by Crippen LogP contribution is 2.24. The summed E-state index contributed by atoms with van der Waals surface area (Å²) in [6.07, 6.45) is 5.94. The first-order valence-electron chi connectivity index (χ1n) is 8.15. The lowest BCUT2D eigenvalue weighted by Crippen LogP contribution is -2.43. The van der Waals surface area contributed by atoms with E-state index in [2.05, 4.69) is 20.4 Å². The third-order valence-electron chi connectivity index (χ3n) is 4.74. The Morgan fingerprint density at radius 3 is 2.55 bits per heavy atom. The van der Waals surface area contributed by atoms with Crippen molar-refractivity contribution in [2.45, 2.75) is 57.1 Å². The number of piperidine rings is 1. The molecule has 2 heterocycles. The number of aromatic nitrogens is 2. The first-order chi connectivity index (χ1) is 10.5. The maximum atomic E-state index is 12.1. The van der Waals surface area contributed by atoms with Gasteiger partial charge < -0.3 is 15.3 Å². The Hall–Kier alpha value is -1.69. The van der Waals surface area contributed by atoms with Crippen LogP contribution in [-0.2, 0) is 0 Å². The summed E-state index contributed by atoms with van der Waals surface area (Å²) in [5.41, 5.74) is -0.204. The number of hydrogen-bond acceptors (Lipinski definition) is 5. The topological polar surface area (TPSA) is 78.4 Å². The normalized spacial score (nSPS) is 21.8. The first-order valence-corrected chi connectivity index (χ1v) is 8.15. The minimum atomic E-state index is -0.578. The highest BCUT2D eigenvalue weighted by Gasteiger charge is 2.28. The minimum absolute atomic E-state index is 0.132. The zero-order valence-electron chi connectivity index (χ0n) is 13.1. The number of carbonyl (C=O) groups excluding carboxylic acids is 1. The van der Waals surface area contributed by atoms with Crippen LogP contribution in [0.15, 0.2) is 12.1 Å². The first kappa shape index (κ1) is 15.2. The molecule has 1 aromatic heterocycles. The summed E-state index contributed by atoms with van der Waals surface area (Å²) < 4.78 is 0. The van der Waals surface area contributed by atoms with E-state index in [4.69, 9.17) is 0 Å². The van der Waals surface area contributed by atoms with Gasteiger partial charge in [-0.05, 0) is 44.7 Å². The molecule has 1 aliphatic heterocycles. The fourth-order valence-electron chi connectivity index (χ4n) is 3.16. The fourth-order valence-corrected chi connectivity index (χ4v) is 3.16. The van der Waals surface area contributed by atoms with E-state index < -0.39 is 5.60 Å². The molecule has 0 unspecified atom stereocenters. The fraction of sp³-hybridized carbons (Fsp3) is 0.688. The smallest absolute Gasteiger partial charge is 0.272 e. The van der Waals surface area contributed by atoms with E-state index in [-0.39, 0.29) is 5.91 Å². The number of rotatable bonds is 3. The van der Waals surface area contributed by atoms with E-state index in [1.165, 1.54) is 12.8 Å². The van der Waals surface area contributed by atoms with Gasteiger partial charge in [-0.1, -0.05) is 12.8 Å². The molecule has 120 valence electrons. The lowest BCUT2D eigenvalue weighted by molar-refractivity contribution is 0.0350. The molecule has 0 radical (unpaired) electrons. The number of hydrogen-bond donors (Lipinski definition) is 2. The Balaban J connectivity index is 1.59. The van der Waals surface area contributed by atoms with Crippen molar-refractivity contribution < 1.29 is 9.90 Å². The molecule has 2 N–H and O–H groups in total. The molecule has 1 saturated heterocycles. The molecule has 1 amide bonds. The predicted molar refractivity (Wildman–Crippen MR) is 83.8 cm³/mol. The maximum absolute atomic E-state index is 12.1. The van der Waals surface area contributed by atoms with Crippen molar-refractivity contribution in [3.8, 4) is 0 Å². The number of carbonyl (C=O) groups is 1. The molecule has 6 nitrogen and oxygen atoms in total. The van der Waals surface area contributed by atoms with Crippen molar-refractivity contribution in [1.29, 1.82) is 0 Å². The standard InChI is InChI=1S/C16H24N4O2/c1-16(22)8-10-20(11-9-16)14-7-6-13(18-19-14)15(21)17-12-4-2-3-5-12/h6-7,12,22H,2-5,8-11H2,1H3,(H,17,21). The van der Waals surface area contributed by atoms with Crippen molar-refractivity contribution in [2.75, 3.05) is 18.0 Å². The van der Waals surface area contributed by atoms with E-state index in [0.717, 1.165) is 44.6 Å². The SMILES string of the molecule is CC1(O)CCN(c2ccc(C(=O)NC3CCCC3)nn2)CC1. The van der Waals surface area contributed by atoms with Crippen LogP contribution in [0.2, 0.25) is 0 Å². The molecule has 22 heavy (non-hydrogen) atoms. The Labute approximate surface area is 130 Å². The van der Waals surface area contributed by atoms with Crippen LogP contribution in [0.3, 0.4) is 0 Å². The Bertz CT molecular complexity index is 513. The highest BCUT2D eigenvalue weighted by molar-refractivity contribution is 5.92. The van der Waals surface area contributed by atoms with E-state index in [1.54, 1.807) is 6.07 Å². The molecule has 2 aliphatic rings. The van der Waals surface area contributed by atoms with Gasteiger partial charge in [-0.15, -0.1) is 10.2 Å². The molecule has 1 aliphatic carbocycles. The van der Waals surface area contributed by atoms with E-state index in [0.29, 0.717) is 11.7 Å². The van der Waals surface area contributed by atoms with Crippen molar-refractivity contribution in [3.63, 3.8) is 0 Å². The highest BCUT2D eigenvalue weighted by atomic mass is 16.3. The summed E-state index contributed by atoms with van der Waals surface area (Å²) in [7, 11) is 0. The van der Waals surface area contributed by atoms with Crippen LogP contribution in [0.1, 0.15) is 55.9 Å². The molecule has 0 bridgehead atoms. The average Bonchev–Trinajstić information content (AvgIpc) is 3.00. The quantitative estimate of drug-likeness (QED) is 0.885. The monoisotopic (exact) mass is 304 g/mol. The van der Waals surface area contributed by atoms with Crippen molar-refractivity contribution in [1.82, 2.24) is 15.5 Å². The number of aliphatic hydroxyl groups is 1. The van der Waals surface area contributed by atoms with Gasteiger partial charge in [-0.2, -0.15) is 0 Å². The molecule has 0 atom stereocenters. The molecule has 0 spiro atoms. The average molecular weight is 304 g/mol. The maximum Gasteiger partial charge on any atom is 0.272 e. The second-order valence-corrected chi connectivity index (χ2v) is 6.72. The number of nitrogens with one attached hydrogen (secondary N) is 1. The molecular weight excluding hydrogens is 280 g/mol. The molecular formula is C16H24N4O2. The van der Waals surface area contributed by atoms with Crippen LogP contribution in [-0.4, -0.2) is 45.9 Å². The zero-order valence-corrected chi connectivity index (χ0v) is 13.1. The number of nitrogens with zero attached hydrogens (tertiary/aromatic N) is 3. The van der Waals surface area contributed by atoms with Crippen LogP contribution in [0.5, 0.6) is 0 Å². The Morgan fingerprint density at radius 2 is 1.95 bits per heavy atom. The van der Waals surface area contributed by atoms with Gasteiger partial charge in [0, 0.05) is 19.1 Å². The Kier molecular flexibility index (Phi) is 4.29. The van der Waals surface area contributed by atoms with Crippen molar-refractivity contribution in [2.24, 2.45) is 0 Å². The van der Waals surface area contributed by atoms with Gasteiger partial charge in [-0.3, -0.25) is 4.79 Å². The minimum Gasteiger partial charge on any atom is -0.390 e. The molecule has 1 aromatic rings. The second-order valence-electron chi connectivity index (χ2n) is 6.72. The molecule has 0 aromatic carbocycles. The van der Waals surface area contributed by atoms with Crippen LogP contribution in [0.25, 0.3) is 0 Å². The third kappa shape index (κ3) is 3.55. The molecule has 3 rings (SSSR count). The number of amides is 1. The summed E-state index contributed by atoms with van der Waals surface area (Å²) in [5.74, 6) is 0.639. The van der Waals surface area contributed by atoms with Crippen LogP contribution in [0, 0.1) is 0 Å². The predicted octanol–water partition coefficient (Wildman–Crippen LogP) is 1.50. The Morgan fingerprint density at radius 1 is 1.27 bits per heavy atom. The van der Waals surface area contributed by atoms with Gasteiger partial charge >= 0.3 is 0 Å². The summed E-state index contributed by atoms with van der Waals surface area (Å²) in [6.45, 7) is 3.39. The summed E-state index contributed by atoms with van der Waals surface area (Å²) in [5, 5.41) is 21.2. The van der Waals surface area contributed by atoms with Gasteiger partial charge in [0.25, 0.3) is 5.91 Å². The second kappa shape index (κ2) is 6.20. The van der Waals surface area contributed by atoms with Gasteiger partial charge in [0.05, 0.1) is 5.60 Å². The zero-order chi connectivity index (χ0) is 15.6. The van der Waals surface area contributed by atoms with Crippen LogP contribution in [0.4, 0.5) is 5.82 Å². The lowest BCUT2D eigenvalue weighted by Gasteiger charge is -2.36. The van der Waals surface area contributed by atoms with E-state index in [9.17, 15) is 9.90 Å². The summed E-state index contributed by atoms with van der Waals surface area (Å²) in [6, 6.07) is 3.87. The lowest BCUT2D eigenvalue weighted by atomic mass is 9.94. The van der Waals surface area contributed by atoms with E-state index in [1.807, 2.05) is 13.0 Å².